The Morgan fingerprint density at radius 2 is 2.04 bits per heavy atom. The molecule has 1 aromatic rings. The largest absolute Gasteiger partial charge is 0.355 e. The second kappa shape index (κ2) is 12.3. The zero-order valence-corrected chi connectivity index (χ0v) is 19.5. The molecule has 1 aliphatic rings. The summed E-state index contributed by atoms with van der Waals surface area (Å²) in [6, 6.07) is 10.1. The number of rotatable bonds is 7. The van der Waals surface area contributed by atoms with Crippen molar-refractivity contribution in [3.63, 3.8) is 0 Å². The number of likely N-dealkylation sites (tertiary alicyclic amines) is 1. The van der Waals surface area contributed by atoms with Gasteiger partial charge in [-0.25, -0.2) is 0 Å². The fraction of sp³-hybridized carbons (Fsp3) is 0.579. The lowest BCUT2D eigenvalue weighted by Crippen LogP contribution is -2.46. The maximum atomic E-state index is 12.2. The summed E-state index contributed by atoms with van der Waals surface area (Å²) in [5.41, 5.74) is 1.09. The smallest absolute Gasteiger partial charge is 0.225 e. The van der Waals surface area contributed by atoms with Crippen LogP contribution in [0.4, 0.5) is 0 Å². The van der Waals surface area contributed by atoms with Gasteiger partial charge in [0.2, 0.25) is 5.91 Å². The third kappa shape index (κ3) is 8.16. The molecule has 0 aromatic heterocycles. The molecule has 0 aliphatic carbocycles. The number of benzene rings is 1. The van der Waals surface area contributed by atoms with Crippen LogP contribution in [-0.4, -0.2) is 59.5 Å². The van der Waals surface area contributed by atoms with E-state index < -0.39 is 10.8 Å². The number of carbonyl (C=O) groups is 1. The van der Waals surface area contributed by atoms with Gasteiger partial charge in [0.05, 0.1) is 0 Å². The fourth-order valence-corrected chi connectivity index (χ4v) is 3.99. The molecule has 2 N–H and O–H groups in total. The number of nitrogens with zero attached hydrogens (tertiary/aromatic N) is 2. The number of amides is 1. The Labute approximate surface area is 182 Å². The van der Waals surface area contributed by atoms with E-state index in [9.17, 15) is 9.00 Å². The molecule has 27 heavy (non-hydrogen) atoms. The highest BCUT2D eigenvalue weighted by atomic mass is 127. The first-order chi connectivity index (χ1) is 12.5. The molecule has 0 radical (unpaired) electrons. The minimum Gasteiger partial charge on any atom is -0.355 e. The lowest BCUT2D eigenvalue weighted by molar-refractivity contribution is -0.133. The molecular formula is C19H31IN4O2S. The van der Waals surface area contributed by atoms with Gasteiger partial charge in [-0.15, -0.1) is 24.0 Å². The minimum absolute atomic E-state index is 0. The molecular weight excluding hydrogens is 475 g/mol. The zero-order valence-electron chi connectivity index (χ0n) is 16.3. The average Bonchev–Trinajstić information content (AvgIpc) is 3.09. The van der Waals surface area contributed by atoms with Crippen molar-refractivity contribution >= 4 is 46.6 Å². The van der Waals surface area contributed by atoms with Crippen LogP contribution in [0.1, 0.15) is 25.8 Å². The normalized spacial score (nSPS) is 18.1. The number of carbonyl (C=O) groups excluding carboxylic acids is 1. The summed E-state index contributed by atoms with van der Waals surface area (Å²) < 4.78 is 12.2. The van der Waals surface area contributed by atoms with E-state index in [-0.39, 0.29) is 41.8 Å². The van der Waals surface area contributed by atoms with E-state index in [0.29, 0.717) is 30.6 Å². The number of nitrogens with one attached hydrogen (secondary N) is 2. The van der Waals surface area contributed by atoms with E-state index in [1.807, 2.05) is 49.1 Å². The second-order valence-electron chi connectivity index (χ2n) is 6.84. The van der Waals surface area contributed by atoms with Gasteiger partial charge >= 0.3 is 0 Å². The summed E-state index contributed by atoms with van der Waals surface area (Å²) in [6.45, 7) is 5.95. The van der Waals surface area contributed by atoms with Crippen LogP contribution in [0.25, 0.3) is 0 Å². The first-order valence-electron chi connectivity index (χ1n) is 9.14. The van der Waals surface area contributed by atoms with Crippen molar-refractivity contribution < 1.29 is 9.00 Å². The Bertz CT molecular complexity index is 640. The van der Waals surface area contributed by atoms with Gasteiger partial charge in [-0.1, -0.05) is 44.2 Å². The maximum absolute atomic E-state index is 12.2. The number of hydrogen-bond acceptors (Lipinski definition) is 3. The van der Waals surface area contributed by atoms with Crippen molar-refractivity contribution in [2.45, 2.75) is 32.1 Å². The molecule has 1 amide bonds. The van der Waals surface area contributed by atoms with Gasteiger partial charge in [-0.3, -0.25) is 14.0 Å². The SMILES string of the molecule is CN=C(NCCS(=O)Cc1ccccc1)NC1CCN(C(=O)C(C)C)C1.I. The van der Waals surface area contributed by atoms with Gasteiger partial charge in [0, 0.05) is 60.9 Å². The predicted molar refractivity (Wildman–Crippen MR) is 123 cm³/mol. The second-order valence-corrected chi connectivity index (χ2v) is 8.42. The van der Waals surface area contributed by atoms with Crippen LogP contribution in [0.3, 0.4) is 0 Å². The predicted octanol–water partition coefficient (Wildman–Crippen LogP) is 1.98. The van der Waals surface area contributed by atoms with Crippen molar-refractivity contribution in [3.8, 4) is 0 Å². The average molecular weight is 506 g/mol. The van der Waals surface area contributed by atoms with Crippen LogP contribution in [0.15, 0.2) is 35.3 Å². The number of hydrogen-bond donors (Lipinski definition) is 2. The Balaban J connectivity index is 0.00000364. The minimum atomic E-state index is -0.909. The Morgan fingerprint density at radius 1 is 1.33 bits per heavy atom. The highest BCUT2D eigenvalue weighted by Gasteiger charge is 2.27. The number of halogens is 1. The molecule has 6 nitrogen and oxygen atoms in total. The summed E-state index contributed by atoms with van der Waals surface area (Å²) in [6.07, 6.45) is 0.916. The third-order valence-electron chi connectivity index (χ3n) is 4.35. The van der Waals surface area contributed by atoms with Gasteiger partial charge in [-0.05, 0) is 12.0 Å². The molecule has 0 bridgehead atoms. The Kier molecular flexibility index (Phi) is 10.9. The molecule has 2 atom stereocenters. The van der Waals surface area contributed by atoms with Gasteiger partial charge in [0.1, 0.15) is 0 Å². The number of aliphatic imine (C=N–C) groups is 1. The lowest BCUT2D eigenvalue weighted by atomic mass is 10.2. The lowest BCUT2D eigenvalue weighted by Gasteiger charge is -2.20. The quantitative estimate of drug-likeness (QED) is 0.337. The molecule has 1 saturated heterocycles. The summed E-state index contributed by atoms with van der Waals surface area (Å²) >= 11 is 0. The van der Waals surface area contributed by atoms with Gasteiger partial charge in [0.25, 0.3) is 0 Å². The summed E-state index contributed by atoms with van der Waals surface area (Å²) in [4.78, 5) is 18.2. The van der Waals surface area contributed by atoms with Crippen LogP contribution in [0.5, 0.6) is 0 Å². The molecule has 1 aliphatic heterocycles. The first-order valence-corrected chi connectivity index (χ1v) is 10.6. The Morgan fingerprint density at radius 3 is 2.67 bits per heavy atom. The Hall–Kier alpha value is -1.16. The van der Waals surface area contributed by atoms with Crippen LogP contribution in [0, 0.1) is 5.92 Å². The van der Waals surface area contributed by atoms with E-state index in [1.54, 1.807) is 7.05 Å². The van der Waals surface area contributed by atoms with E-state index in [4.69, 9.17) is 0 Å². The fourth-order valence-electron chi connectivity index (χ4n) is 2.95. The van der Waals surface area contributed by atoms with E-state index in [1.165, 1.54) is 0 Å². The zero-order chi connectivity index (χ0) is 18.9. The molecule has 152 valence electrons. The van der Waals surface area contributed by atoms with Crippen LogP contribution >= 0.6 is 24.0 Å². The van der Waals surface area contributed by atoms with Crippen LogP contribution in [0.2, 0.25) is 0 Å². The first kappa shape index (κ1) is 23.9. The molecule has 1 heterocycles. The molecule has 0 saturated carbocycles. The van der Waals surface area contributed by atoms with E-state index >= 15 is 0 Å². The maximum Gasteiger partial charge on any atom is 0.225 e. The highest BCUT2D eigenvalue weighted by Crippen LogP contribution is 2.12. The van der Waals surface area contributed by atoms with E-state index in [0.717, 1.165) is 18.5 Å². The summed E-state index contributed by atoms with van der Waals surface area (Å²) in [7, 11) is 0.816. The topological polar surface area (TPSA) is 73.8 Å². The monoisotopic (exact) mass is 506 g/mol. The van der Waals surface area contributed by atoms with Crippen molar-refractivity contribution in [1.29, 1.82) is 0 Å². The third-order valence-corrected chi connectivity index (χ3v) is 5.67. The molecule has 1 fully saturated rings. The molecule has 2 unspecified atom stereocenters. The molecule has 1 aromatic carbocycles. The molecule has 0 spiro atoms. The van der Waals surface area contributed by atoms with Crippen LogP contribution < -0.4 is 10.6 Å². The van der Waals surface area contributed by atoms with E-state index in [2.05, 4.69) is 15.6 Å². The summed E-state index contributed by atoms with van der Waals surface area (Å²) in [5.74, 6) is 2.08. The number of guanidine groups is 1. The molecule has 2 rings (SSSR count). The van der Waals surface area contributed by atoms with Crippen molar-refractivity contribution in [2.75, 3.05) is 32.4 Å². The highest BCUT2D eigenvalue weighted by molar-refractivity contribution is 14.0. The van der Waals surface area contributed by atoms with Crippen molar-refractivity contribution in [1.82, 2.24) is 15.5 Å². The van der Waals surface area contributed by atoms with Crippen LogP contribution in [-0.2, 0) is 21.3 Å². The van der Waals surface area contributed by atoms with Gasteiger partial charge in [-0.2, -0.15) is 0 Å². The van der Waals surface area contributed by atoms with Gasteiger partial charge < -0.3 is 15.5 Å². The molecule has 8 heteroatoms. The summed E-state index contributed by atoms with van der Waals surface area (Å²) in [5, 5.41) is 6.58. The standard InChI is InChI=1S/C19H30N4O2S.HI/c1-15(2)18(24)23-11-9-17(13-23)22-19(20-3)21-10-12-26(25)14-16-7-5-4-6-8-16;/h4-8,15,17H,9-14H2,1-3H3,(H2,20,21,22);1H. The van der Waals surface area contributed by atoms with Gasteiger partial charge in [0.15, 0.2) is 5.96 Å². The van der Waals surface area contributed by atoms with Crippen molar-refractivity contribution in [3.05, 3.63) is 35.9 Å². The van der Waals surface area contributed by atoms with Crippen molar-refractivity contribution in [2.24, 2.45) is 10.9 Å².